The van der Waals surface area contributed by atoms with Gasteiger partial charge in [-0.2, -0.15) is 0 Å². The van der Waals surface area contributed by atoms with Crippen molar-refractivity contribution in [3.05, 3.63) is 29.8 Å². The summed E-state index contributed by atoms with van der Waals surface area (Å²) in [5, 5.41) is 3.32. The third-order valence-electron chi connectivity index (χ3n) is 2.55. The molecule has 0 saturated carbocycles. The van der Waals surface area contributed by atoms with E-state index in [9.17, 15) is 4.79 Å². The summed E-state index contributed by atoms with van der Waals surface area (Å²) < 4.78 is 10.3. The first kappa shape index (κ1) is 14.5. The number of ether oxygens (including phenoxy) is 2. The second kappa shape index (κ2) is 7.71. The van der Waals surface area contributed by atoms with E-state index in [1.165, 1.54) is 0 Å². The molecule has 1 atom stereocenters. The van der Waals surface area contributed by atoms with Crippen molar-refractivity contribution < 1.29 is 14.3 Å². The van der Waals surface area contributed by atoms with Gasteiger partial charge in [-0.3, -0.25) is 0 Å². The maximum Gasteiger partial charge on any atom is 0.344 e. The highest BCUT2D eigenvalue weighted by Crippen LogP contribution is 2.24. The molecular formula is C14H21NO3. The summed E-state index contributed by atoms with van der Waals surface area (Å²) in [5.41, 5.74) is 1.05. The van der Waals surface area contributed by atoms with Crippen LogP contribution in [0.2, 0.25) is 0 Å². The quantitative estimate of drug-likeness (QED) is 0.755. The molecule has 0 aliphatic rings. The maximum atomic E-state index is 11.3. The van der Waals surface area contributed by atoms with E-state index in [1.807, 2.05) is 24.3 Å². The first-order valence-corrected chi connectivity index (χ1v) is 6.29. The average molecular weight is 251 g/mol. The molecule has 1 N–H and O–H groups in total. The average Bonchev–Trinajstić information content (AvgIpc) is 2.37. The van der Waals surface area contributed by atoms with Crippen LogP contribution in [0.4, 0.5) is 0 Å². The van der Waals surface area contributed by atoms with Gasteiger partial charge in [0.2, 0.25) is 0 Å². The van der Waals surface area contributed by atoms with Gasteiger partial charge in [-0.1, -0.05) is 25.1 Å². The van der Waals surface area contributed by atoms with Crippen LogP contribution in [-0.4, -0.2) is 25.7 Å². The van der Waals surface area contributed by atoms with E-state index >= 15 is 0 Å². The largest absolute Gasteiger partial charge is 0.482 e. The Labute approximate surface area is 108 Å². The lowest BCUT2D eigenvalue weighted by atomic mass is 10.1. The van der Waals surface area contributed by atoms with Crippen LogP contribution in [0.25, 0.3) is 0 Å². The molecule has 0 aliphatic heterocycles. The highest BCUT2D eigenvalue weighted by molar-refractivity contribution is 5.71. The lowest BCUT2D eigenvalue weighted by molar-refractivity contribution is -0.145. The van der Waals surface area contributed by atoms with Gasteiger partial charge in [-0.25, -0.2) is 4.79 Å². The predicted octanol–water partition coefficient (Wildman–Crippen LogP) is 2.30. The fraction of sp³-hybridized carbons (Fsp3) is 0.500. The molecule has 1 unspecified atom stereocenters. The molecule has 0 aliphatic carbocycles. The number of carbonyl (C=O) groups excluding carboxylic acids is 1. The third-order valence-corrected chi connectivity index (χ3v) is 2.55. The number of para-hydroxylation sites is 1. The fourth-order valence-electron chi connectivity index (χ4n) is 1.73. The van der Waals surface area contributed by atoms with Gasteiger partial charge >= 0.3 is 5.97 Å². The number of hydrogen-bond donors (Lipinski definition) is 1. The van der Waals surface area contributed by atoms with Gasteiger partial charge in [-0.15, -0.1) is 0 Å². The SMILES string of the molecule is CCNC(C)c1ccccc1OCC(=O)OCC. The Kier molecular flexibility index (Phi) is 6.22. The summed E-state index contributed by atoms with van der Waals surface area (Å²) in [4.78, 5) is 11.3. The van der Waals surface area contributed by atoms with Crippen molar-refractivity contribution in [1.29, 1.82) is 0 Å². The van der Waals surface area contributed by atoms with Crippen molar-refractivity contribution in [3.8, 4) is 5.75 Å². The lowest BCUT2D eigenvalue weighted by Crippen LogP contribution is -2.20. The van der Waals surface area contributed by atoms with E-state index in [0.29, 0.717) is 6.61 Å². The lowest BCUT2D eigenvalue weighted by Gasteiger charge is -2.17. The van der Waals surface area contributed by atoms with E-state index in [2.05, 4.69) is 19.2 Å². The molecule has 0 spiro atoms. The summed E-state index contributed by atoms with van der Waals surface area (Å²) in [5.74, 6) is 0.377. The minimum Gasteiger partial charge on any atom is -0.482 e. The smallest absolute Gasteiger partial charge is 0.344 e. The van der Waals surface area contributed by atoms with Gasteiger partial charge in [0.25, 0.3) is 0 Å². The third kappa shape index (κ3) is 4.37. The molecule has 1 aromatic rings. The molecule has 0 radical (unpaired) electrons. The van der Waals surface area contributed by atoms with E-state index in [-0.39, 0.29) is 18.6 Å². The Hall–Kier alpha value is -1.55. The van der Waals surface area contributed by atoms with E-state index in [4.69, 9.17) is 9.47 Å². The summed E-state index contributed by atoms with van der Waals surface area (Å²) in [7, 11) is 0. The molecule has 0 bridgehead atoms. The van der Waals surface area contributed by atoms with Gasteiger partial charge in [-0.05, 0) is 26.5 Å². The van der Waals surface area contributed by atoms with Gasteiger partial charge < -0.3 is 14.8 Å². The molecule has 18 heavy (non-hydrogen) atoms. The van der Waals surface area contributed by atoms with E-state index < -0.39 is 0 Å². The first-order chi connectivity index (χ1) is 8.69. The van der Waals surface area contributed by atoms with Crippen molar-refractivity contribution >= 4 is 5.97 Å². The molecule has 100 valence electrons. The standard InChI is InChI=1S/C14H21NO3/c1-4-15-11(3)12-8-6-7-9-13(12)18-10-14(16)17-5-2/h6-9,11,15H,4-5,10H2,1-3H3. The highest BCUT2D eigenvalue weighted by atomic mass is 16.6. The normalized spacial score (nSPS) is 11.9. The number of esters is 1. The minimum atomic E-state index is -0.344. The number of carbonyl (C=O) groups is 1. The van der Waals surface area contributed by atoms with Gasteiger partial charge in [0, 0.05) is 11.6 Å². The molecular weight excluding hydrogens is 230 g/mol. The first-order valence-electron chi connectivity index (χ1n) is 6.29. The Morgan fingerprint density at radius 3 is 2.72 bits per heavy atom. The molecule has 1 aromatic carbocycles. The van der Waals surface area contributed by atoms with Crippen LogP contribution < -0.4 is 10.1 Å². The Balaban J connectivity index is 2.67. The van der Waals surface area contributed by atoms with Crippen LogP contribution in [-0.2, 0) is 9.53 Å². The van der Waals surface area contributed by atoms with E-state index in [1.54, 1.807) is 6.92 Å². The molecule has 1 rings (SSSR count). The summed E-state index contributed by atoms with van der Waals surface area (Å²) >= 11 is 0. The van der Waals surface area contributed by atoms with Crippen molar-refractivity contribution in [3.63, 3.8) is 0 Å². The topological polar surface area (TPSA) is 47.6 Å². The molecule has 0 aromatic heterocycles. The van der Waals surface area contributed by atoms with Crippen LogP contribution in [0.3, 0.4) is 0 Å². The zero-order chi connectivity index (χ0) is 13.4. The van der Waals surface area contributed by atoms with Crippen LogP contribution in [0.15, 0.2) is 24.3 Å². The number of rotatable bonds is 7. The summed E-state index contributed by atoms with van der Waals surface area (Å²) in [6.07, 6.45) is 0. The van der Waals surface area contributed by atoms with Crippen LogP contribution in [0.1, 0.15) is 32.4 Å². The van der Waals surface area contributed by atoms with Crippen LogP contribution in [0, 0.1) is 0 Å². The van der Waals surface area contributed by atoms with Gasteiger partial charge in [0.05, 0.1) is 6.61 Å². The monoisotopic (exact) mass is 251 g/mol. The van der Waals surface area contributed by atoms with E-state index in [0.717, 1.165) is 17.9 Å². The fourth-order valence-corrected chi connectivity index (χ4v) is 1.73. The molecule has 0 saturated heterocycles. The Morgan fingerprint density at radius 2 is 2.06 bits per heavy atom. The predicted molar refractivity (Wildman–Crippen MR) is 70.7 cm³/mol. The van der Waals surface area contributed by atoms with Crippen molar-refractivity contribution in [2.45, 2.75) is 26.8 Å². The second-order valence-corrected chi connectivity index (χ2v) is 3.91. The molecule has 0 amide bonds. The summed E-state index contributed by atoms with van der Waals surface area (Å²) in [6.45, 7) is 7.10. The highest BCUT2D eigenvalue weighted by Gasteiger charge is 2.11. The van der Waals surface area contributed by atoms with Crippen molar-refractivity contribution in [2.24, 2.45) is 0 Å². The van der Waals surface area contributed by atoms with Crippen LogP contribution in [0.5, 0.6) is 5.75 Å². The molecule has 4 heteroatoms. The second-order valence-electron chi connectivity index (χ2n) is 3.91. The zero-order valence-electron chi connectivity index (χ0n) is 11.2. The number of nitrogens with one attached hydrogen (secondary N) is 1. The zero-order valence-corrected chi connectivity index (χ0v) is 11.2. The maximum absolute atomic E-state index is 11.3. The van der Waals surface area contributed by atoms with Crippen molar-refractivity contribution in [2.75, 3.05) is 19.8 Å². The van der Waals surface area contributed by atoms with Gasteiger partial charge in [0.1, 0.15) is 5.75 Å². The van der Waals surface area contributed by atoms with Crippen LogP contribution >= 0.6 is 0 Å². The van der Waals surface area contributed by atoms with Gasteiger partial charge in [0.15, 0.2) is 6.61 Å². The Morgan fingerprint density at radius 1 is 1.33 bits per heavy atom. The molecule has 4 nitrogen and oxygen atoms in total. The number of hydrogen-bond acceptors (Lipinski definition) is 4. The number of benzene rings is 1. The molecule has 0 heterocycles. The summed E-state index contributed by atoms with van der Waals surface area (Å²) in [6, 6.07) is 7.90. The molecule has 0 fully saturated rings. The Bertz CT molecular complexity index is 379. The van der Waals surface area contributed by atoms with Crippen molar-refractivity contribution in [1.82, 2.24) is 5.32 Å². The minimum absolute atomic E-state index is 0.0519.